The van der Waals surface area contributed by atoms with E-state index in [4.69, 9.17) is 16.3 Å². The number of nitrogens with one attached hydrogen (secondary N) is 1. The highest BCUT2D eigenvalue weighted by atomic mass is 35.5. The Morgan fingerprint density at radius 2 is 1.43 bits per heavy atom. The molecule has 2 atom stereocenters. The van der Waals surface area contributed by atoms with Crippen LogP contribution in [-0.2, 0) is 32.6 Å². The van der Waals surface area contributed by atoms with Crippen LogP contribution in [0.1, 0.15) is 38.3 Å². The summed E-state index contributed by atoms with van der Waals surface area (Å²) in [5, 5.41) is 3.57. The molecule has 0 bridgehead atoms. The van der Waals surface area contributed by atoms with Gasteiger partial charge in [0, 0.05) is 24.0 Å². The number of amides is 2. The van der Waals surface area contributed by atoms with E-state index in [-0.39, 0.29) is 35.5 Å². The Kier molecular flexibility index (Phi) is 12.2. The van der Waals surface area contributed by atoms with Gasteiger partial charge in [0.2, 0.25) is 11.8 Å². The van der Waals surface area contributed by atoms with Crippen LogP contribution < -0.4 is 14.4 Å². The lowest BCUT2D eigenvalue weighted by atomic mass is 10.0. The monoisotopic (exact) mass is 661 g/mol. The van der Waals surface area contributed by atoms with Crippen molar-refractivity contribution in [2.75, 3.05) is 17.5 Å². The second-order valence-electron chi connectivity index (χ2n) is 10.9. The average Bonchev–Trinajstić information content (AvgIpc) is 3.07. The smallest absolute Gasteiger partial charge is 0.264 e. The van der Waals surface area contributed by atoms with E-state index < -0.39 is 28.5 Å². The van der Waals surface area contributed by atoms with E-state index in [9.17, 15) is 18.0 Å². The minimum Gasteiger partial charge on any atom is -0.492 e. The van der Waals surface area contributed by atoms with Gasteiger partial charge in [-0.15, -0.1) is 0 Å². The van der Waals surface area contributed by atoms with Crippen LogP contribution in [0.25, 0.3) is 0 Å². The Hall–Kier alpha value is -4.34. The van der Waals surface area contributed by atoms with Crippen LogP contribution in [-0.4, -0.2) is 50.4 Å². The number of halogens is 1. The van der Waals surface area contributed by atoms with E-state index in [2.05, 4.69) is 5.32 Å². The van der Waals surface area contributed by atoms with Gasteiger partial charge >= 0.3 is 0 Å². The minimum absolute atomic E-state index is 0.0219. The number of anilines is 1. The first kappa shape index (κ1) is 34.5. The number of hydrogen-bond acceptors (Lipinski definition) is 5. The zero-order valence-corrected chi connectivity index (χ0v) is 27.9. The van der Waals surface area contributed by atoms with E-state index in [0.717, 1.165) is 15.4 Å². The predicted molar refractivity (Wildman–Crippen MR) is 182 cm³/mol. The van der Waals surface area contributed by atoms with Crippen molar-refractivity contribution in [2.45, 2.75) is 57.1 Å². The Balaban J connectivity index is 1.83. The summed E-state index contributed by atoms with van der Waals surface area (Å²) >= 11 is 6.16. The molecular formula is C36H40ClN3O5S. The summed E-state index contributed by atoms with van der Waals surface area (Å²) in [5.74, 6) is -0.564. The minimum atomic E-state index is -4.24. The third-order valence-electron chi connectivity index (χ3n) is 7.58. The van der Waals surface area contributed by atoms with Crippen molar-refractivity contribution < 1.29 is 22.7 Å². The maximum absolute atomic E-state index is 14.6. The number of benzene rings is 4. The highest BCUT2D eigenvalue weighted by molar-refractivity contribution is 7.92. The fourth-order valence-electron chi connectivity index (χ4n) is 4.96. The molecule has 0 radical (unpaired) electrons. The number of carbonyl (C=O) groups is 2. The number of hydrogen-bond donors (Lipinski definition) is 1. The largest absolute Gasteiger partial charge is 0.492 e. The summed E-state index contributed by atoms with van der Waals surface area (Å²) in [6.45, 7) is 5.44. The van der Waals surface area contributed by atoms with Crippen molar-refractivity contribution in [1.82, 2.24) is 10.2 Å². The maximum Gasteiger partial charge on any atom is 0.264 e. The van der Waals surface area contributed by atoms with E-state index in [1.165, 1.54) is 17.0 Å². The molecule has 0 aliphatic rings. The fraction of sp³-hybridized carbons (Fsp3) is 0.278. The van der Waals surface area contributed by atoms with Crippen LogP contribution in [0.2, 0.25) is 5.02 Å². The average molecular weight is 662 g/mol. The molecule has 0 saturated heterocycles. The standard InChI is InChI=1S/C36H40ClN3O5S/c1-4-27(3)38-36(42)33(24-28-14-8-6-9-15-28)39(25-29-20-22-30(37)23-21-29)35(41)26-40(32-18-12-13-19-34(32)45-5-2)46(43,44)31-16-10-7-11-17-31/h6-23,27,33H,4-5,24-26H2,1-3H3,(H,38,42)/t27-,33-/m1/s1. The first-order valence-corrected chi connectivity index (χ1v) is 17.1. The number of carbonyl (C=O) groups excluding carboxylic acids is 2. The number of para-hydroxylation sites is 2. The quantitative estimate of drug-likeness (QED) is 0.157. The molecule has 0 spiro atoms. The maximum atomic E-state index is 14.6. The number of rotatable bonds is 15. The first-order valence-electron chi connectivity index (χ1n) is 15.3. The van der Waals surface area contributed by atoms with Crippen molar-refractivity contribution in [3.05, 3.63) is 125 Å². The van der Waals surface area contributed by atoms with E-state index in [1.54, 1.807) is 73.7 Å². The fourth-order valence-corrected chi connectivity index (χ4v) is 6.53. The lowest BCUT2D eigenvalue weighted by Crippen LogP contribution is -2.54. The number of sulfonamides is 1. The third kappa shape index (κ3) is 8.89. The van der Waals surface area contributed by atoms with Crippen LogP contribution in [0, 0.1) is 0 Å². The summed E-state index contributed by atoms with van der Waals surface area (Å²) in [5.41, 5.74) is 1.81. The van der Waals surface area contributed by atoms with Gasteiger partial charge in [0.25, 0.3) is 10.0 Å². The molecule has 4 aromatic carbocycles. The molecule has 0 aliphatic heterocycles. The van der Waals surface area contributed by atoms with Crippen LogP contribution >= 0.6 is 11.6 Å². The van der Waals surface area contributed by atoms with E-state index in [0.29, 0.717) is 23.8 Å². The van der Waals surface area contributed by atoms with Crippen LogP contribution in [0.15, 0.2) is 114 Å². The van der Waals surface area contributed by atoms with Crippen LogP contribution in [0.5, 0.6) is 5.75 Å². The van der Waals surface area contributed by atoms with Gasteiger partial charge in [-0.2, -0.15) is 0 Å². The number of nitrogens with zero attached hydrogens (tertiary/aromatic N) is 2. The van der Waals surface area contributed by atoms with Gasteiger partial charge in [-0.25, -0.2) is 8.42 Å². The molecule has 8 nitrogen and oxygen atoms in total. The molecule has 2 amide bonds. The summed E-state index contributed by atoms with van der Waals surface area (Å²) < 4.78 is 35.3. The zero-order chi connectivity index (χ0) is 33.1. The van der Waals surface area contributed by atoms with E-state index >= 15 is 0 Å². The van der Waals surface area contributed by atoms with Gasteiger partial charge < -0.3 is 15.0 Å². The predicted octanol–water partition coefficient (Wildman–Crippen LogP) is 6.49. The Morgan fingerprint density at radius 3 is 2.07 bits per heavy atom. The third-order valence-corrected chi connectivity index (χ3v) is 9.61. The summed E-state index contributed by atoms with van der Waals surface area (Å²) in [6.07, 6.45) is 0.926. The molecule has 242 valence electrons. The molecule has 4 aromatic rings. The second-order valence-corrected chi connectivity index (χ2v) is 13.2. The van der Waals surface area contributed by atoms with Gasteiger partial charge in [0.05, 0.1) is 17.2 Å². The van der Waals surface area contributed by atoms with Crippen LogP contribution in [0.3, 0.4) is 0 Å². The summed E-state index contributed by atoms with van der Waals surface area (Å²) in [7, 11) is -4.24. The van der Waals surface area contributed by atoms with Crippen molar-refractivity contribution in [1.29, 1.82) is 0 Å². The Bertz CT molecular complexity index is 1690. The lowest BCUT2D eigenvalue weighted by Gasteiger charge is -2.34. The molecular weight excluding hydrogens is 622 g/mol. The molecule has 10 heteroatoms. The molecule has 0 saturated carbocycles. The van der Waals surface area contributed by atoms with Gasteiger partial charge in [-0.1, -0.05) is 91.3 Å². The first-order chi connectivity index (χ1) is 22.1. The van der Waals surface area contributed by atoms with Crippen molar-refractivity contribution in [3.8, 4) is 5.75 Å². The van der Waals surface area contributed by atoms with Crippen LogP contribution in [0.4, 0.5) is 5.69 Å². The molecule has 0 aromatic heterocycles. The summed E-state index contributed by atoms with van der Waals surface area (Å²) in [4.78, 5) is 30.0. The van der Waals surface area contributed by atoms with Crippen molar-refractivity contribution in [3.63, 3.8) is 0 Å². The van der Waals surface area contributed by atoms with Crippen molar-refractivity contribution in [2.24, 2.45) is 0 Å². The highest BCUT2D eigenvalue weighted by Gasteiger charge is 2.35. The molecule has 0 fully saturated rings. The summed E-state index contributed by atoms with van der Waals surface area (Å²) in [6, 6.07) is 30.0. The molecule has 0 aliphatic carbocycles. The van der Waals surface area contributed by atoms with Gasteiger partial charge in [-0.3, -0.25) is 13.9 Å². The van der Waals surface area contributed by atoms with Gasteiger partial charge in [0.1, 0.15) is 18.3 Å². The van der Waals surface area contributed by atoms with Gasteiger partial charge in [0.15, 0.2) is 0 Å². The molecule has 0 heterocycles. The molecule has 1 N–H and O–H groups in total. The Morgan fingerprint density at radius 1 is 0.826 bits per heavy atom. The Labute approximate surface area is 277 Å². The van der Waals surface area contributed by atoms with Gasteiger partial charge in [-0.05, 0) is 67.8 Å². The lowest BCUT2D eigenvalue weighted by molar-refractivity contribution is -0.140. The molecule has 4 rings (SSSR count). The zero-order valence-electron chi connectivity index (χ0n) is 26.3. The highest BCUT2D eigenvalue weighted by Crippen LogP contribution is 2.33. The number of ether oxygens (including phenoxy) is 1. The normalized spacial score (nSPS) is 12.5. The van der Waals surface area contributed by atoms with E-state index in [1.807, 2.05) is 44.2 Å². The topological polar surface area (TPSA) is 96.0 Å². The molecule has 0 unspecified atom stereocenters. The molecule has 46 heavy (non-hydrogen) atoms. The SMILES string of the molecule is CCOc1ccccc1N(CC(=O)N(Cc1ccc(Cl)cc1)[C@H](Cc1ccccc1)C(=O)N[C@H](C)CC)S(=O)(=O)c1ccccc1. The van der Waals surface area contributed by atoms with Crippen molar-refractivity contribution >= 4 is 39.1 Å². The second kappa shape index (κ2) is 16.3.